The van der Waals surface area contributed by atoms with Crippen molar-refractivity contribution in [3.63, 3.8) is 0 Å². The first kappa shape index (κ1) is 12.4. The van der Waals surface area contributed by atoms with Gasteiger partial charge in [-0.15, -0.1) is 0 Å². The van der Waals surface area contributed by atoms with Gasteiger partial charge in [-0.2, -0.15) is 0 Å². The predicted octanol–water partition coefficient (Wildman–Crippen LogP) is 2.92. The number of aliphatic carboxylic acids is 1. The summed E-state index contributed by atoms with van der Waals surface area (Å²) in [6, 6.07) is 9.01. The van der Waals surface area contributed by atoms with Gasteiger partial charge in [-0.1, -0.05) is 18.2 Å². The first-order chi connectivity index (χ1) is 10.1. The van der Waals surface area contributed by atoms with Crippen molar-refractivity contribution in [2.24, 2.45) is 17.8 Å². The summed E-state index contributed by atoms with van der Waals surface area (Å²) in [5.74, 6) is -0.482. The average Bonchev–Trinajstić information content (AvgIpc) is 3.06. The van der Waals surface area contributed by atoms with Crippen molar-refractivity contribution >= 4 is 22.5 Å². The van der Waals surface area contributed by atoms with E-state index in [-0.39, 0.29) is 17.5 Å². The molecule has 106 valence electrons. The van der Waals surface area contributed by atoms with Crippen LogP contribution in [0.2, 0.25) is 0 Å². The Morgan fingerprint density at radius 2 is 2.00 bits per heavy atom. The lowest BCUT2D eigenvalue weighted by atomic mass is 9.86. The van der Waals surface area contributed by atoms with Gasteiger partial charge >= 0.3 is 11.6 Å². The van der Waals surface area contributed by atoms with E-state index in [0.717, 1.165) is 17.4 Å². The molecule has 2 aliphatic carbocycles. The molecule has 1 heterocycles. The Morgan fingerprint density at radius 1 is 1.19 bits per heavy atom. The van der Waals surface area contributed by atoms with Crippen LogP contribution in [0.1, 0.15) is 18.4 Å². The van der Waals surface area contributed by atoms with Gasteiger partial charge in [-0.05, 0) is 47.9 Å². The van der Waals surface area contributed by atoms with Gasteiger partial charge in [0.25, 0.3) is 0 Å². The molecule has 21 heavy (non-hydrogen) atoms. The number of carboxylic acid groups (broad SMARTS) is 1. The highest BCUT2D eigenvalue weighted by Gasteiger charge is 2.44. The van der Waals surface area contributed by atoms with Gasteiger partial charge in [0.05, 0.1) is 5.92 Å². The van der Waals surface area contributed by atoms with E-state index < -0.39 is 5.97 Å². The van der Waals surface area contributed by atoms with Crippen LogP contribution in [-0.2, 0) is 4.79 Å². The van der Waals surface area contributed by atoms with Gasteiger partial charge in [-0.3, -0.25) is 4.79 Å². The van der Waals surface area contributed by atoms with Crippen LogP contribution in [0.4, 0.5) is 0 Å². The molecule has 3 atom stereocenters. The second-order valence-corrected chi connectivity index (χ2v) is 5.91. The lowest BCUT2D eigenvalue weighted by Crippen LogP contribution is -2.18. The first-order valence-corrected chi connectivity index (χ1v) is 7.10. The van der Waals surface area contributed by atoms with Gasteiger partial charge in [0.15, 0.2) is 0 Å². The fourth-order valence-electron chi connectivity index (χ4n) is 3.73. The maximum Gasteiger partial charge on any atom is 0.336 e. The molecule has 0 radical (unpaired) electrons. The SMILES string of the molecule is O=C(O)[C@@H]1C[C@H]2C[C@@H]1C=C2c1ccc2ccc(=O)oc2c1. The molecule has 1 fully saturated rings. The normalized spacial score (nSPS) is 27.0. The Hall–Kier alpha value is -2.36. The minimum atomic E-state index is -0.692. The summed E-state index contributed by atoms with van der Waals surface area (Å²) in [5, 5.41) is 10.1. The third-order valence-corrected chi connectivity index (χ3v) is 4.72. The van der Waals surface area contributed by atoms with Crippen molar-refractivity contribution in [3.8, 4) is 0 Å². The Balaban J connectivity index is 1.75. The number of carboxylic acids is 1. The maximum atomic E-state index is 11.3. The van der Waals surface area contributed by atoms with Crippen LogP contribution in [0.15, 0.2) is 45.6 Å². The number of hydrogen-bond donors (Lipinski definition) is 1. The highest BCUT2D eigenvalue weighted by Crippen LogP contribution is 2.51. The molecular formula is C17H14O4. The van der Waals surface area contributed by atoms with Crippen LogP contribution in [0, 0.1) is 17.8 Å². The van der Waals surface area contributed by atoms with Crippen molar-refractivity contribution in [2.75, 3.05) is 0 Å². The molecular weight excluding hydrogens is 268 g/mol. The molecule has 0 amide bonds. The molecule has 1 saturated carbocycles. The highest BCUT2D eigenvalue weighted by molar-refractivity contribution is 5.84. The summed E-state index contributed by atoms with van der Waals surface area (Å²) in [4.78, 5) is 22.5. The molecule has 0 unspecified atom stereocenters. The summed E-state index contributed by atoms with van der Waals surface area (Å²) in [6.07, 6.45) is 3.72. The van der Waals surface area contributed by atoms with Crippen LogP contribution in [-0.4, -0.2) is 11.1 Å². The third kappa shape index (κ3) is 1.90. The number of carbonyl (C=O) groups is 1. The van der Waals surface area contributed by atoms with Gasteiger partial charge in [-0.25, -0.2) is 4.79 Å². The molecule has 4 heteroatoms. The van der Waals surface area contributed by atoms with E-state index >= 15 is 0 Å². The van der Waals surface area contributed by atoms with Gasteiger partial charge < -0.3 is 9.52 Å². The number of fused-ring (bicyclic) bond motifs is 3. The predicted molar refractivity (Wildman–Crippen MR) is 77.8 cm³/mol. The van der Waals surface area contributed by atoms with Crippen LogP contribution in [0.5, 0.6) is 0 Å². The summed E-state index contributed by atoms with van der Waals surface area (Å²) < 4.78 is 5.22. The average molecular weight is 282 g/mol. The summed E-state index contributed by atoms with van der Waals surface area (Å²) in [6.45, 7) is 0. The minimum absolute atomic E-state index is 0.140. The van der Waals surface area contributed by atoms with Crippen molar-refractivity contribution in [1.82, 2.24) is 0 Å². The quantitative estimate of drug-likeness (QED) is 0.860. The number of allylic oxidation sites excluding steroid dienone is 2. The Kier molecular flexibility index (Phi) is 2.55. The monoisotopic (exact) mass is 282 g/mol. The Labute approximate surface area is 120 Å². The molecule has 2 aliphatic rings. The van der Waals surface area contributed by atoms with E-state index in [4.69, 9.17) is 4.42 Å². The molecule has 2 aromatic rings. The molecule has 1 aromatic carbocycles. The summed E-state index contributed by atoms with van der Waals surface area (Å²) >= 11 is 0. The van der Waals surface area contributed by atoms with Crippen LogP contribution >= 0.6 is 0 Å². The molecule has 4 nitrogen and oxygen atoms in total. The molecule has 4 rings (SSSR count). The standard InChI is InChI=1S/C17H14O4/c18-16-4-3-9-1-2-10(8-15(9)21-16)13-6-12-5-11(13)7-14(12)17(19)20/h1-4,6,8,11-12,14H,5,7H2,(H,19,20)/t11-,12-,14-/m1/s1. The Morgan fingerprint density at radius 3 is 2.71 bits per heavy atom. The van der Waals surface area contributed by atoms with Crippen molar-refractivity contribution in [3.05, 3.63) is 52.4 Å². The van der Waals surface area contributed by atoms with Crippen LogP contribution in [0.3, 0.4) is 0 Å². The largest absolute Gasteiger partial charge is 0.481 e. The lowest BCUT2D eigenvalue weighted by molar-refractivity contribution is -0.142. The van der Waals surface area contributed by atoms with E-state index in [1.54, 1.807) is 6.07 Å². The van der Waals surface area contributed by atoms with E-state index in [0.29, 0.717) is 17.9 Å². The zero-order chi connectivity index (χ0) is 14.6. The van der Waals surface area contributed by atoms with Gasteiger partial charge in [0.1, 0.15) is 5.58 Å². The van der Waals surface area contributed by atoms with Crippen molar-refractivity contribution in [1.29, 1.82) is 0 Å². The van der Waals surface area contributed by atoms with E-state index in [9.17, 15) is 14.7 Å². The fraction of sp³-hybridized carbons (Fsp3) is 0.294. The highest BCUT2D eigenvalue weighted by atomic mass is 16.4. The zero-order valence-corrected chi connectivity index (χ0v) is 11.3. The van der Waals surface area contributed by atoms with Gasteiger partial charge in [0, 0.05) is 11.5 Å². The summed E-state index contributed by atoms with van der Waals surface area (Å²) in [7, 11) is 0. The van der Waals surface area contributed by atoms with E-state index in [1.165, 1.54) is 11.6 Å². The third-order valence-electron chi connectivity index (χ3n) is 4.72. The molecule has 0 aliphatic heterocycles. The maximum absolute atomic E-state index is 11.3. The van der Waals surface area contributed by atoms with Crippen LogP contribution in [0.25, 0.3) is 16.5 Å². The van der Waals surface area contributed by atoms with Crippen LogP contribution < -0.4 is 5.63 Å². The molecule has 1 N–H and O–H groups in total. The molecule has 2 bridgehead atoms. The second-order valence-electron chi connectivity index (χ2n) is 5.91. The van der Waals surface area contributed by atoms with E-state index in [2.05, 4.69) is 6.08 Å². The van der Waals surface area contributed by atoms with Gasteiger partial charge in [0.2, 0.25) is 0 Å². The zero-order valence-electron chi connectivity index (χ0n) is 11.3. The Bertz CT molecular complexity index is 830. The lowest BCUT2D eigenvalue weighted by Gasteiger charge is -2.18. The molecule has 1 aromatic heterocycles. The summed E-state index contributed by atoms with van der Waals surface area (Å²) in [5.41, 5.74) is 2.46. The van der Waals surface area contributed by atoms with E-state index in [1.807, 2.05) is 18.2 Å². The molecule has 0 saturated heterocycles. The first-order valence-electron chi connectivity index (χ1n) is 7.10. The van der Waals surface area contributed by atoms with Crippen molar-refractivity contribution < 1.29 is 14.3 Å². The number of rotatable bonds is 2. The molecule has 0 spiro atoms. The minimum Gasteiger partial charge on any atom is -0.481 e. The van der Waals surface area contributed by atoms with Crippen molar-refractivity contribution in [2.45, 2.75) is 12.8 Å². The second kappa shape index (κ2) is 4.32. The number of benzene rings is 1. The number of hydrogen-bond acceptors (Lipinski definition) is 3. The topological polar surface area (TPSA) is 67.5 Å². The fourth-order valence-corrected chi connectivity index (χ4v) is 3.73. The smallest absolute Gasteiger partial charge is 0.336 e.